The first-order chi connectivity index (χ1) is 10.1. The molecule has 1 aromatic heterocycles. The van der Waals surface area contributed by atoms with Gasteiger partial charge in [-0.2, -0.15) is 0 Å². The second kappa shape index (κ2) is 6.70. The Labute approximate surface area is 124 Å². The monoisotopic (exact) mass is 281 g/mol. The summed E-state index contributed by atoms with van der Waals surface area (Å²) >= 11 is 0. The third-order valence-electron chi connectivity index (χ3n) is 3.05. The molecule has 0 unspecified atom stereocenters. The van der Waals surface area contributed by atoms with Gasteiger partial charge in [-0.1, -0.05) is 43.0 Å². The van der Waals surface area contributed by atoms with Crippen LogP contribution >= 0.6 is 0 Å². The molecule has 2 aromatic rings. The Morgan fingerprint density at radius 3 is 2.71 bits per heavy atom. The molecule has 0 aliphatic carbocycles. The molecular weight excluding hydrogens is 262 g/mol. The average molecular weight is 281 g/mol. The third kappa shape index (κ3) is 3.69. The Bertz CT molecular complexity index is 656. The maximum atomic E-state index is 11.6. The SMILES string of the molecule is C=CCn1cc(-c2ccccc2)nc1CNC(=O)C(=C)C. The van der Waals surface area contributed by atoms with Crippen LogP contribution in [0.25, 0.3) is 11.3 Å². The number of rotatable bonds is 6. The Hall–Kier alpha value is -2.62. The van der Waals surface area contributed by atoms with Crippen molar-refractivity contribution in [1.29, 1.82) is 0 Å². The van der Waals surface area contributed by atoms with Crippen molar-refractivity contribution in [3.05, 3.63) is 67.2 Å². The fourth-order valence-corrected chi connectivity index (χ4v) is 1.95. The number of hydrogen-bond donors (Lipinski definition) is 1. The van der Waals surface area contributed by atoms with Gasteiger partial charge < -0.3 is 9.88 Å². The average Bonchev–Trinajstić information content (AvgIpc) is 2.89. The van der Waals surface area contributed by atoms with Gasteiger partial charge in [0.25, 0.3) is 0 Å². The molecule has 0 aliphatic heterocycles. The van der Waals surface area contributed by atoms with Crippen LogP contribution < -0.4 is 5.32 Å². The molecule has 0 bridgehead atoms. The number of nitrogens with zero attached hydrogens (tertiary/aromatic N) is 2. The van der Waals surface area contributed by atoms with E-state index in [1.165, 1.54) is 0 Å². The molecule has 0 aliphatic rings. The minimum Gasteiger partial charge on any atom is -0.345 e. The zero-order chi connectivity index (χ0) is 15.2. The fourth-order valence-electron chi connectivity index (χ4n) is 1.95. The van der Waals surface area contributed by atoms with Crippen molar-refractivity contribution in [3.63, 3.8) is 0 Å². The van der Waals surface area contributed by atoms with Crippen molar-refractivity contribution in [3.8, 4) is 11.3 Å². The van der Waals surface area contributed by atoms with Crippen LogP contribution in [0.1, 0.15) is 12.7 Å². The van der Waals surface area contributed by atoms with E-state index in [1.54, 1.807) is 13.0 Å². The summed E-state index contributed by atoms with van der Waals surface area (Å²) in [6, 6.07) is 9.95. The summed E-state index contributed by atoms with van der Waals surface area (Å²) in [5.74, 6) is 0.632. The van der Waals surface area contributed by atoms with Crippen molar-refractivity contribution in [1.82, 2.24) is 14.9 Å². The van der Waals surface area contributed by atoms with Gasteiger partial charge in [-0.3, -0.25) is 4.79 Å². The van der Waals surface area contributed by atoms with Gasteiger partial charge in [-0.15, -0.1) is 6.58 Å². The normalized spacial score (nSPS) is 10.1. The van der Waals surface area contributed by atoms with Crippen LogP contribution in [0.15, 0.2) is 61.3 Å². The number of carbonyl (C=O) groups excluding carboxylic acids is 1. The van der Waals surface area contributed by atoms with E-state index in [-0.39, 0.29) is 5.91 Å². The first-order valence-corrected chi connectivity index (χ1v) is 6.78. The number of hydrogen-bond acceptors (Lipinski definition) is 2. The fraction of sp³-hybridized carbons (Fsp3) is 0.176. The molecule has 4 nitrogen and oxygen atoms in total. The topological polar surface area (TPSA) is 46.9 Å². The maximum absolute atomic E-state index is 11.6. The van der Waals surface area contributed by atoms with Gasteiger partial charge in [0.05, 0.1) is 12.2 Å². The number of nitrogens with one attached hydrogen (secondary N) is 1. The summed E-state index contributed by atoms with van der Waals surface area (Å²) in [7, 11) is 0. The highest BCUT2D eigenvalue weighted by Crippen LogP contribution is 2.18. The standard InChI is InChI=1S/C17H19N3O/c1-4-10-20-12-15(14-8-6-5-7-9-14)19-16(20)11-18-17(21)13(2)3/h4-9,12H,1-2,10-11H2,3H3,(H,18,21). The molecule has 1 N–H and O–H groups in total. The Kier molecular flexibility index (Phi) is 4.72. The molecule has 0 saturated heterocycles. The Morgan fingerprint density at radius 2 is 2.10 bits per heavy atom. The largest absolute Gasteiger partial charge is 0.345 e. The van der Waals surface area contributed by atoms with Gasteiger partial charge in [0.2, 0.25) is 5.91 Å². The molecule has 108 valence electrons. The lowest BCUT2D eigenvalue weighted by molar-refractivity contribution is -0.117. The number of imidazole rings is 1. The van der Waals surface area contributed by atoms with Crippen LogP contribution in [0.5, 0.6) is 0 Å². The second-order valence-electron chi connectivity index (χ2n) is 4.81. The van der Waals surface area contributed by atoms with E-state index >= 15 is 0 Å². The highest BCUT2D eigenvalue weighted by atomic mass is 16.1. The van der Waals surface area contributed by atoms with Crippen molar-refractivity contribution in [2.75, 3.05) is 0 Å². The maximum Gasteiger partial charge on any atom is 0.246 e. The number of allylic oxidation sites excluding steroid dienone is 1. The van der Waals surface area contributed by atoms with Gasteiger partial charge in [0.15, 0.2) is 0 Å². The molecule has 21 heavy (non-hydrogen) atoms. The zero-order valence-corrected chi connectivity index (χ0v) is 12.2. The van der Waals surface area contributed by atoms with Crippen LogP contribution in [-0.4, -0.2) is 15.5 Å². The van der Waals surface area contributed by atoms with Crippen LogP contribution in [0, 0.1) is 0 Å². The minimum atomic E-state index is -0.163. The molecular formula is C17H19N3O. The summed E-state index contributed by atoms with van der Waals surface area (Å²) < 4.78 is 1.98. The van der Waals surface area contributed by atoms with Gasteiger partial charge in [0, 0.05) is 23.9 Å². The van der Waals surface area contributed by atoms with Gasteiger partial charge in [-0.05, 0) is 6.92 Å². The lowest BCUT2D eigenvalue weighted by Crippen LogP contribution is -2.24. The highest BCUT2D eigenvalue weighted by molar-refractivity contribution is 5.91. The predicted octanol–water partition coefficient (Wildman–Crippen LogP) is 2.93. The van der Waals surface area contributed by atoms with Crippen LogP contribution in [0.2, 0.25) is 0 Å². The molecule has 0 fully saturated rings. The van der Waals surface area contributed by atoms with Gasteiger partial charge >= 0.3 is 0 Å². The number of aromatic nitrogens is 2. The molecule has 1 aromatic carbocycles. The Balaban J connectivity index is 2.23. The minimum absolute atomic E-state index is 0.163. The van der Waals surface area contributed by atoms with Gasteiger partial charge in [0.1, 0.15) is 5.82 Å². The van der Waals surface area contributed by atoms with Crippen molar-refractivity contribution in [2.24, 2.45) is 0 Å². The van der Waals surface area contributed by atoms with E-state index in [2.05, 4.69) is 23.5 Å². The summed E-state index contributed by atoms with van der Waals surface area (Å²) in [6.45, 7) is 10.1. The lowest BCUT2D eigenvalue weighted by Gasteiger charge is -2.06. The summed E-state index contributed by atoms with van der Waals surface area (Å²) in [5, 5.41) is 2.81. The molecule has 0 atom stereocenters. The van der Waals surface area contributed by atoms with Crippen LogP contribution in [0.4, 0.5) is 0 Å². The van der Waals surface area contributed by atoms with E-state index in [1.807, 2.05) is 41.1 Å². The van der Waals surface area contributed by atoms with E-state index < -0.39 is 0 Å². The summed E-state index contributed by atoms with van der Waals surface area (Å²) in [5.41, 5.74) is 2.42. The third-order valence-corrected chi connectivity index (χ3v) is 3.05. The number of carbonyl (C=O) groups is 1. The molecule has 0 radical (unpaired) electrons. The van der Waals surface area contributed by atoms with E-state index in [0.717, 1.165) is 17.1 Å². The van der Waals surface area contributed by atoms with Crippen molar-refractivity contribution >= 4 is 5.91 Å². The van der Waals surface area contributed by atoms with Gasteiger partial charge in [-0.25, -0.2) is 4.98 Å². The number of benzene rings is 1. The van der Waals surface area contributed by atoms with E-state index in [0.29, 0.717) is 18.7 Å². The molecule has 2 rings (SSSR count). The molecule has 4 heteroatoms. The summed E-state index contributed by atoms with van der Waals surface area (Å²) in [4.78, 5) is 16.2. The predicted molar refractivity (Wildman–Crippen MR) is 84.5 cm³/mol. The van der Waals surface area contributed by atoms with E-state index in [4.69, 9.17) is 0 Å². The molecule has 1 heterocycles. The Morgan fingerprint density at radius 1 is 1.38 bits per heavy atom. The van der Waals surface area contributed by atoms with Crippen LogP contribution in [-0.2, 0) is 17.9 Å². The lowest BCUT2D eigenvalue weighted by atomic mass is 10.2. The second-order valence-corrected chi connectivity index (χ2v) is 4.81. The zero-order valence-electron chi connectivity index (χ0n) is 12.2. The molecule has 0 spiro atoms. The van der Waals surface area contributed by atoms with Crippen molar-refractivity contribution < 1.29 is 4.79 Å². The summed E-state index contributed by atoms with van der Waals surface area (Å²) in [6.07, 6.45) is 3.78. The van der Waals surface area contributed by atoms with Crippen LogP contribution in [0.3, 0.4) is 0 Å². The highest BCUT2D eigenvalue weighted by Gasteiger charge is 2.10. The smallest absolute Gasteiger partial charge is 0.246 e. The first-order valence-electron chi connectivity index (χ1n) is 6.78. The molecule has 0 saturated carbocycles. The first kappa shape index (κ1) is 14.8. The van der Waals surface area contributed by atoms with E-state index in [9.17, 15) is 4.79 Å². The molecule has 1 amide bonds. The number of amides is 1. The van der Waals surface area contributed by atoms with Crippen molar-refractivity contribution in [2.45, 2.75) is 20.0 Å². The quantitative estimate of drug-likeness (QED) is 0.653.